The van der Waals surface area contributed by atoms with Gasteiger partial charge in [0.05, 0.1) is 12.1 Å². The zero-order valence-corrected chi connectivity index (χ0v) is 35.5. The van der Waals surface area contributed by atoms with Crippen molar-refractivity contribution >= 4 is 29.3 Å². The Balaban J connectivity index is 2.85. The van der Waals surface area contributed by atoms with E-state index < -0.39 is 18.2 Å². The van der Waals surface area contributed by atoms with Crippen LogP contribution in [0.4, 0.5) is 0 Å². The Morgan fingerprint density at radius 1 is 0.685 bits per heavy atom. The number of hydrogen-bond acceptors (Lipinski definition) is 6. The fourth-order valence-corrected chi connectivity index (χ4v) is 7.19. The van der Waals surface area contributed by atoms with Gasteiger partial charge in [-0.25, -0.2) is 0 Å². The Kier molecular flexibility index (Phi) is 24.2. The van der Waals surface area contributed by atoms with Crippen molar-refractivity contribution in [3.63, 3.8) is 0 Å². The molecule has 4 N–H and O–H groups in total. The van der Waals surface area contributed by atoms with E-state index in [-0.39, 0.29) is 83.7 Å². The van der Waals surface area contributed by atoms with Gasteiger partial charge in [-0.1, -0.05) is 112 Å². The van der Waals surface area contributed by atoms with E-state index in [1.54, 1.807) is 0 Å². The van der Waals surface area contributed by atoms with Crippen molar-refractivity contribution in [3.8, 4) is 0 Å². The van der Waals surface area contributed by atoms with Crippen molar-refractivity contribution in [1.29, 1.82) is 0 Å². The fourth-order valence-electron chi connectivity index (χ4n) is 7.19. The van der Waals surface area contributed by atoms with Gasteiger partial charge in [-0.05, 0) is 86.5 Å². The minimum absolute atomic E-state index is 0.00530. The Hall–Kier alpha value is -3.07. The summed E-state index contributed by atoms with van der Waals surface area (Å²) in [4.78, 5) is 65.6. The molecule has 0 bridgehead atoms. The molecule has 6 unspecified atom stereocenters. The first-order chi connectivity index (χ1) is 25.5. The van der Waals surface area contributed by atoms with Crippen molar-refractivity contribution in [2.24, 2.45) is 35.5 Å². The molecular weight excluding hydrogens is 679 g/mol. The number of amides is 3. The second-order valence-corrected chi connectivity index (χ2v) is 17.0. The van der Waals surface area contributed by atoms with Crippen LogP contribution in [0.2, 0.25) is 0 Å². The van der Waals surface area contributed by atoms with E-state index in [0.29, 0.717) is 57.8 Å². The maximum Gasteiger partial charge on any atom is 0.243 e. The van der Waals surface area contributed by atoms with E-state index in [1.807, 2.05) is 71.9 Å². The number of aliphatic hydroxyl groups excluding tert-OH is 1. The zero-order chi connectivity index (χ0) is 40.8. The number of rotatable bonds is 29. The van der Waals surface area contributed by atoms with Crippen LogP contribution in [-0.2, 0) is 30.4 Å². The summed E-state index contributed by atoms with van der Waals surface area (Å²) in [6.07, 6.45) is 7.18. The van der Waals surface area contributed by atoms with Crippen LogP contribution in [0.15, 0.2) is 30.3 Å². The monoisotopic (exact) mass is 756 g/mol. The number of Topliss-reactive ketones (excluding diaryl/α,β-unsaturated/α-hetero) is 2. The molecule has 3 amide bonds. The first kappa shape index (κ1) is 48.9. The van der Waals surface area contributed by atoms with Crippen molar-refractivity contribution < 1.29 is 29.1 Å². The molecule has 1 rings (SSSR count). The van der Waals surface area contributed by atoms with Gasteiger partial charge in [-0.2, -0.15) is 0 Å². The van der Waals surface area contributed by atoms with Gasteiger partial charge in [0.25, 0.3) is 0 Å². The van der Waals surface area contributed by atoms with Gasteiger partial charge in [0, 0.05) is 37.6 Å². The molecule has 9 nitrogen and oxygen atoms in total. The normalized spacial score (nSPS) is 15.1. The largest absolute Gasteiger partial charge is 0.392 e. The van der Waals surface area contributed by atoms with Gasteiger partial charge in [-0.15, -0.1) is 0 Å². The first-order valence-electron chi connectivity index (χ1n) is 21.2. The Morgan fingerprint density at radius 3 is 1.89 bits per heavy atom. The fraction of sp³-hybridized carbons (Fsp3) is 0.756. The van der Waals surface area contributed by atoms with E-state index in [2.05, 4.69) is 43.6 Å². The number of aliphatic hydroxyl groups is 1. The lowest BCUT2D eigenvalue weighted by Crippen LogP contribution is -2.53. The van der Waals surface area contributed by atoms with Crippen LogP contribution in [0.3, 0.4) is 0 Å². The molecule has 0 aliphatic rings. The molecule has 0 fully saturated rings. The van der Waals surface area contributed by atoms with E-state index in [1.165, 1.54) is 0 Å². The number of nitrogens with one attached hydrogen (secondary N) is 3. The van der Waals surface area contributed by atoms with Gasteiger partial charge in [0.15, 0.2) is 5.78 Å². The minimum atomic E-state index is -0.816. The molecule has 0 heterocycles. The number of unbranched alkanes of at least 4 members (excludes halogenated alkanes) is 1. The second-order valence-electron chi connectivity index (χ2n) is 17.0. The van der Waals surface area contributed by atoms with Crippen molar-refractivity contribution in [1.82, 2.24) is 16.0 Å². The Bertz CT molecular complexity index is 1250. The van der Waals surface area contributed by atoms with Crippen LogP contribution in [0.5, 0.6) is 0 Å². The molecular formula is C45H77N3O6. The summed E-state index contributed by atoms with van der Waals surface area (Å²) in [5.41, 5.74) is 1.09. The van der Waals surface area contributed by atoms with Gasteiger partial charge in [-0.3, -0.25) is 24.0 Å². The summed E-state index contributed by atoms with van der Waals surface area (Å²) in [5.74, 6) is -0.298. The molecule has 0 radical (unpaired) electrons. The molecule has 0 aliphatic heterocycles. The average molecular weight is 756 g/mol. The number of ketones is 2. The van der Waals surface area contributed by atoms with Crippen LogP contribution in [-0.4, -0.2) is 58.6 Å². The van der Waals surface area contributed by atoms with Crippen molar-refractivity contribution in [2.75, 3.05) is 0 Å². The van der Waals surface area contributed by atoms with Crippen LogP contribution >= 0.6 is 0 Å². The zero-order valence-electron chi connectivity index (χ0n) is 35.5. The molecule has 0 saturated carbocycles. The van der Waals surface area contributed by atoms with E-state index >= 15 is 0 Å². The highest BCUT2D eigenvalue weighted by Gasteiger charge is 2.30. The molecule has 54 heavy (non-hydrogen) atoms. The minimum Gasteiger partial charge on any atom is -0.392 e. The maximum absolute atomic E-state index is 13.5. The topological polar surface area (TPSA) is 142 Å². The lowest BCUT2D eigenvalue weighted by atomic mass is 9.84. The second kappa shape index (κ2) is 26.7. The summed E-state index contributed by atoms with van der Waals surface area (Å²) in [7, 11) is 0. The quantitative estimate of drug-likeness (QED) is 0.0609. The van der Waals surface area contributed by atoms with E-state index in [9.17, 15) is 29.1 Å². The third kappa shape index (κ3) is 19.5. The molecule has 1 aromatic carbocycles. The smallest absolute Gasteiger partial charge is 0.243 e. The van der Waals surface area contributed by atoms with E-state index in [0.717, 1.165) is 24.8 Å². The molecule has 0 saturated heterocycles. The summed E-state index contributed by atoms with van der Waals surface area (Å²) in [6, 6.07) is 8.75. The lowest BCUT2D eigenvalue weighted by Gasteiger charge is -2.26. The van der Waals surface area contributed by atoms with Crippen molar-refractivity contribution in [2.45, 2.75) is 183 Å². The van der Waals surface area contributed by atoms with Crippen LogP contribution in [0, 0.1) is 35.5 Å². The summed E-state index contributed by atoms with van der Waals surface area (Å²) in [6.45, 7) is 20.1. The standard InChI is InChI=1S/C45H77N3O6/c1-11-33(10)38(44(53)46-36(12-2)13-3)24-19-23-37(49)29-41(51)35(28-34-20-15-14-16-21-34)22-17-18-25-40(50)43(32(8)9)48-45(54)39(26-30(4)5)47-42(52)27-31(6)7/h14-16,20-21,30-33,35-36,38-39,41,43,51H,11-13,17-19,22-29H2,1-10H3,(H,46,53)(H,47,52)(H,48,54). The summed E-state index contributed by atoms with van der Waals surface area (Å²) >= 11 is 0. The Morgan fingerprint density at radius 2 is 1.33 bits per heavy atom. The van der Waals surface area contributed by atoms with Crippen LogP contribution in [0.25, 0.3) is 0 Å². The highest BCUT2D eigenvalue weighted by atomic mass is 16.3. The first-order valence-corrected chi connectivity index (χ1v) is 21.2. The van der Waals surface area contributed by atoms with Crippen molar-refractivity contribution in [3.05, 3.63) is 35.9 Å². The van der Waals surface area contributed by atoms with E-state index in [4.69, 9.17) is 0 Å². The summed E-state index contributed by atoms with van der Waals surface area (Å²) in [5, 5.41) is 20.4. The molecule has 308 valence electrons. The molecule has 0 aromatic heterocycles. The SMILES string of the molecule is CCC(CC)NC(=O)C(CCCC(=O)CC(O)C(CCCCC(=O)C(NC(=O)C(CC(C)C)NC(=O)CC(C)C)C(C)C)Cc1ccccc1)C(C)CC. The highest BCUT2D eigenvalue weighted by Crippen LogP contribution is 2.25. The van der Waals surface area contributed by atoms with Crippen LogP contribution < -0.4 is 16.0 Å². The number of benzene rings is 1. The third-order valence-electron chi connectivity index (χ3n) is 10.8. The van der Waals surface area contributed by atoms with Gasteiger partial charge >= 0.3 is 0 Å². The molecule has 0 aliphatic carbocycles. The molecule has 0 spiro atoms. The molecule has 1 aromatic rings. The highest BCUT2D eigenvalue weighted by molar-refractivity contribution is 5.93. The Labute approximate surface area is 328 Å². The molecule has 6 atom stereocenters. The lowest BCUT2D eigenvalue weighted by molar-refractivity contribution is -0.132. The van der Waals surface area contributed by atoms with Gasteiger partial charge < -0.3 is 21.1 Å². The average Bonchev–Trinajstić information content (AvgIpc) is 3.11. The van der Waals surface area contributed by atoms with Gasteiger partial charge in [0.2, 0.25) is 17.7 Å². The molecule has 9 heteroatoms. The number of carbonyl (C=O) groups is 5. The maximum atomic E-state index is 13.5. The third-order valence-corrected chi connectivity index (χ3v) is 10.8. The summed E-state index contributed by atoms with van der Waals surface area (Å²) < 4.78 is 0. The predicted octanol–water partition coefficient (Wildman–Crippen LogP) is 8.15. The van der Waals surface area contributed by atoms with Crippen LogP contribution in [0.1, 0.15) is 158 Å². The van der Waals surface area contributed by atoms with Gasteiger partial charge in [0.1, 0.15) is 11.8 Å². The predicted molar refractivity (Wildman–Crippen MR) is 220 cm³/mol. The number of carbonyl (C=O) groups excluding carboxylic acids is 5. The number of hydrogen-bond donors (Lipinski definition) is 4.